The van der Waals surface area contributed by atoms with Crippen LogP contribution in [-0.2, 0) is 6.42 Å². The van der Waals surface area contributed by atoms with Crippen molar-refractivity contribution >= 4 is 0 Å². The molecule has 0 aliphatic heterocycles. The molecule has 1 rings (SSSR count). The molecule has 2 nitrogen and oxygen atoms in total. The fraction of sp³-hybridized carbons (Fsp3) is 0.625. The molecular formula is C16H28N2. The van der Waals surface area contributed by atoms with Crippen LogP contribution in [0.5, 0.6) is 0 Å². The lowest BCUT2D eigenvalue weighted by Crippen LogP contribution is -2.31. The van der Waals surface area contributed by atoms with Crippen molar-refractivity contribution in [1.82, 2.24) is 4.90 Å². The van der Waals surface area contributed by atoms with Crippen LogP contribution in [0, 0.1) is 5.92 Å². The Morgan fingerprint density at radius 2 is 1.72 bits per heavy atom. The lowest BCUT2D eigenvalue weighted by atomic mass is 10.1. The van der Waals surface area contributed by atoms with Crippen LogP contribution in [0.25, 0.3) is 0 Å². The van der Waals surface area contributed by atoms with Crippen LogP contribution in [0.4, 0.5) is 0 Å². The van der Waals surface area contributed by atoms with Crippen LogP contribution in [0.1, 0.15) is 32.3 Å². The van der Waals surface area contributed by atoms with Gasteiger partial charge in [-0.2, -0.15) is 0 Å². The zero-order valence-corrected chi connectivity index (χ0v) is 11.9. The standard InChI is InChI=1S/C16H28N2/c1-15(2)14-18(13-7-11-17)12-6-10-16-8-4-3-5-9-16/h3-5,8-9,15H,6-7,10-14,17H2,1-2H3. The molecule has 0 radical (unpaired) electrons. The van der Waals surface area contributed by atoms with Crippen LogP contribution >= 0.6 is 0 Å². The summed E-state index contributed by atoms with van der Waals surface area (Å²) in [5.74, 6) is 0.736. The van der Waals surface area contributed by atoms with Gasteiger partial charge in [-0.1, -0.05) is 44.2 Å². The fourth-order valence-corrected chi connectivity index (χ4v) is 2.28. The van der Waals surface area contributed by atoms with E-state index in [9.17, 15) is 0 Å². The summed E-state index contributed by atoms with van der Waals surface area (Å²) in [6.45, 7) is 8.89. The van der Waals surface area contributed by atoms with Crippen LogP contribution < -0.4 is 5.73 Å². The minimum atomic E-state index is 0.736. The van der Waals surface area contributed by atoms with Gasteiger partial charge in [0.1, 0.15) is 0 Å². The van der Waals surface area contributed by atoms with Crippen LogP contribution in [0.2, 0.25) is 0 Å². The summed E-state index contributed by atoms with van der Waals surface area (Å²) in [5.41, 5.74) is 7.05. The van der Waals surface area contributed by atoms with Gasteiger partial charge in [0.25, 0.3) is 0 Å². The molecule has 0 bridgehead atoms. The van der Waals surface area contributed by atoms with Crippen molar-refractivity contribution in [3.8, 4) is 0 Å². The minimum Gasteiger partial charge on any atom is -0.330 e. The first-order chi connectivity index (χ1) is 8.72. The monoisotopic (exact) mass is 248 g/mol. The van der Waals surface area contributed by atoms with Crippen molar-refractivity contribution in [2.75, 3.05) is 26.2 Å². The highest BCUT2D eigenvalue weighted by Crippen LogP contribution is 2.06. The predicted molar refractivity (Wildman–Crippen MR) is 79.7 cm³/mol. The molecule has 0 saturated carbocycles. The molecular weight excluding hydrogens is 220 g/mol. The second kappa shape index (κ2) is 9.12. The van der Waals surface area contributed by atoms with E-state index in [2.05, 4.69) is 49.1 Å². The summed E-state index contributed by atoms with van der Waals surface area (Å²) in [4.78, 5) is 2.56. The largest absolute Gasteiger partial charge is 0.330 e. The van der Waals surface area contributed by atoms with Gasteiger partial charge in [0.05, 0.1) is 0 Å². The first-order valence-corrected chi connectivity index (χ1v) is 7.18. The Balaban J connectivity index is 2.27. The van der Waals surface area contributed by atoms with E-state index in [1.807, 2.05) is 0 Å². The van der Waals surface area contributed by atoms with Gasteiger partial charge in [-0.15, -0.1) is 0 Å². The molecule has 0 fully saturated rings. The quantitative estimate of drug-likeness (QED) is 0.728. The smallest absolute Gasteiger partial charge is 0.000439 e. The predicted octanol–water partition coefficient (Wildman–Crippen LogP) is 2.93. The van der Waals surface area contributed by atoms with Gasteiger partial charge in [-0.25, -0.2) is 0 Å². The third-order valence-corrected chi connectivity index (χ3v) is 3.08. The lowest BCUT2D eigenvalue weighted by Gasteiger charge is -2.24. The molecule has 102 valence electrons. The van der Waals surface area contributed by atoms with Crippen LogP contribution in [-0.4, -0.2) is 31.1 Å². The molecule has 0 atom stereocenters. The third-order valence-electron chi connectivity index (χ3n) is 3.08. The number of hydrogen-bond donors (Lipinski definition) is 1. The number of benzene rings is 1. The Kier molecular flexibility index (Phi) is 7.70. The zero-order valence-electron chi connectivity index (χ0n) is 11.9. The first kappa shape index (κ1) is 15.2. The lowest BCUT2D eigenvalue weighted by molar-refractivity contribution is 0.240. The highest BCUT2D eigenvalue weighted by Gasteiger charge is 2.06. The van der Waals surface area contributed by atoms with Gasteiger partial charge in [-0.3, -0.25) is 0 Å². The van der Waals surface area contributed by atoms with Gasteiger partial charge in [-0.05, 0) is 50.4 Å². The van der Waals surface area contributed by atoms with E-state index in [0.29, 0.717) is 0 Å². The molecule has 0 unspecified atom stereocenters. The van der Waals surface area contributed by atoms with Crippen molar-refractivity contribution in [2.45, 2.75) is 33.1 Å². The molecule has 0 heterocycles. The summed E-state index contributed by atoms with van der Waals surface area (Å²) in [5, 5.41) is 0. The van der Waals surface area contributed by atoms with Crippen molar-refractivity contribution in [3.63, 3.8) is 0 Å². The van der Waals surface area contributed by atoms with Gasteiger partial charge in [0.15, 0.2) is 0 Å². The second-order valence-corrected chi connectivity index (χ2v) is 5.43. The average molecular weight is 248 g/mol. The molecule has 2 N–H and O–H groups in total. The van der Waals surface area contributed by atoms with E-state index in [1.165, 1.54) is 31.5 Å². The number of aryl methyl sites for hydroxylation is 1. The van der Waals surface area contributed by atoms with E-state index in [0.717, 1.165) is 25.4 Å². The third kappa shape index (κ3) is 6.77. The summed E-state index contributed by atoms with van der Waals surface area (Å²) in [7, 11) is 0. The molecule has 0 aliphatic rings. The Hall–Kier alpha value is -0.860. The van der Waals surface area contributed by atoms with E-state index < -0.39 is 0 Å². The average Bonchev–Trinajstić information content (AvgIpc) is 2.36. The summed E-state index contributed by atoms with van der Waals surface area (Å²) in [6, 6.07) is 10.8. The molecule has 0 saturated heterocycles. The molecule has 0 aromatic heterocycles. The Labute approximate surface area is 112 Å². The van der Waals surface area contributed by atoms with Crippen LogP contribution in [0.3, 0.4) is 0 Å². The van der Waals surface area contributed by atoms with Crippen molar-refractivity contribution in [1.29, 1.82) is 0 Å². The highest BCUT2D eigenvalue weighted by molar-refractivity contribution is 5.14. The number of rotatable bonds is 9. The van der Waals surface area contributed by atoms with Crippen molar-refractivity contribution < 1.29 is 0 Å². The fourth-order valence-electron chi connectivity index (χ4n) is 2.28. The van der Waals surface area contributed by atoms with Crippen molar-refractivity contribution in [3.05, 3.63) is 35.9 Å². The molecule has 1 aromatic carbocycles. The van der Waals surface area contributed by atoms with E-state index >= 15 is 0 Å². The number of nitrogens with zero attached hydrogens (tertiary/aromatic N) is 1. The van der Waals surface area contributed by atoms with Gasteiger partial charge in [0, 0.05) is 6.54 Å². The second-order valence-electron chi connectivity index (χ2n) is 5.43. The van der Waals surface area contributed by atoms with E-state index in [4.69, 9.17) is 5.73 Å². The molecule has 1 aromatic rings. The molecule has 18 heavy (non-hydrogen) atoms. The maximum atomic E-state index is 5.60. The SMILES string of the molecule is CC(C)CN(CCCN)CCCc1ccccc1. The minimum absolute atomic E-state index is 0.736. The van der Waals surface area contributed by atoms with E-state index in [1.54, 1.807) is 0 Å². The summed E-state index contributed by atoms with van der Waals surface area (Å²) >= 11 is 0. The maximum Gasteiger partial charge on any atom is 0.000439 e. The highest BCUT2D eigenvalue weighted by atomic mass is 15.1. The topological polar surface area (TPSA) is 29.3 Å². The number of nitrogens with two attached hydrogens (primary N) is 1. The Morgan fingerprint density at radius 1 is 1.06 bits per heavy atom. The van der Waals surface area contributed by atoms with Crippen LogP contribution in [0.15, 0.2) is 30.3 Å². The normalized spacial score (nSPS) is 11.4. The van der Waals surface area contributed by atoms with Crippen molar-refractivity contribution in [2.24, 2.45) is 11.7 Å². The zero-order chi connectivity index (χ0) is 13.2. The number of hydrogen-bond acceptors (Lipinski definition) is 2. The first-order valence-electron chi connectivity index (χ1n) is 7.18. The van der Waals surface area contributed by atoms with Gasteiger partial charge < -0.3 is 10.6 Å². The Bertz CT molecular complexity index is 295. The van der Waals surface area contributed by atoms with Gasteiger partial charge >= 0.3 is 0 Å². The molecule has 0 amide bonds. The summed E-state index contributed by atoms with van der Waals surface area (Å²) in [6.07, 6.45) is 3.53. The summed E-state index contributed by atoms with van der Waals surface area (Å²) < 4.78 is 0. The van der Waals surface area contributed by atoms with E-state index in [-0.39, 0.29) is 0 Å². The Morgan fingerprint density at radius 3 is 2.33 bits per heavy atom. The molecule has 0 spiro atoms. The maximum absolute atomic E-state index is 5.60. The molecule has 0 aliphatic carbocycles. The van der Waals surface area contributed by atoms with Gasteiger partial charge in [0.2, 0.25) is 0 Å². The molecule has 2 heteroatoms.